The third kappa shape index (κ3) is 2.39. The van der Waals surface area contributed by atoms with Gasteiger partial charge in [0.15, 0.2) is 11.5 Å². The normalized spacial score (nSPS) is 21.3. The Bertz CT molecular complexity index is 478. The predicted octanol–water partition coefficient (Wildman–Crippen LogP) is 3.53. The van der Waals surface area contributed by atoms with Gasteiger partial charge in [-0.25, -0.2) is 0 Å². The van der Waals surface area contributed by atoms with Crippen LogP contribution in [0.3, 0.4) is 0 Å². The molecule has 0 unspecified atom stereocenters. The minimum Gasteiger partial charge on any atom is -0.490 e. The zero-order valence-electron chi connectivity index (χ0n) is 12.4. The first-order chi connectivity index (χ1) is 9.74. The first-order valence-electron chi connectivity index (χ1n) is 7.95. The Labute approximate surface area is 121 Å². The largest absolute Gasteiger partial charge is 0.490 e. The van der Waals surface area contributed by atoms with E-state index in [4.69, 9.17) is 15.2 Å². The average molecular weight is 275 g/mol. The van der Waals surface area contributed by atoms with Crippen LogP contribution in [0.5, 0.6) is 11.5 Å². The molecule has 0 saturated heterocycles. The maximum Gasteiger partial charge on any atom is 0.164 e. The van der Waals surface area contributed by atoms with Gasteiger partial charge in [0.2, 0.25) is 0 Å². The molecule has 2 aliphatic rings. The van der Waals surface area contributed by atoms with Crippen molar-refractivity contribution in [1.82, 2.24) is 0 Å². The van der Waals surface area contributed by atoms with E-state index in [1.807, 2.05) is 0 Å². The van der Waals surface area contributed by atoms with Crippen LogP contribution in [0.25, 0.3) is 0 Å². The van der Waals surface area contributed by atoms with Crippen LogP contribution in [0.2, 0.25) is 0 Å². The molecule has 0 spiro atoms. The van der Waals surface area contributed by atoms with E-state index in [0.29, 0.717) is 0 Å². The van der Waals surface area contributed by atoms with Gasteiger partial charge < -0.3 is 15.2 Å². The highest BCUT2D eigenvalue weighted by molar-refractivity contribution is 5.53. The lowest BCUT2D eigenvalue weighted by Crippen LogP contribution is -2.39. The fraction of sp³-hybridized carbons (Fsp3) is 0.647. The monoisotopic (exact) mass is 275 g/mol. The molecule has 1 aliphatic carbocycles. The average Bonchev–Trinajstić information content (AvgIpc) is 2.72. The highest BCUT2D eigenvalue weighted by Gasteiger charge is 2.33. The summed E-state index contributed by atoms with van der Waals surface area (Å²) < 4.78 is 11.8. The first-order valence-corrected chi connectivity index (χ1v) is 7.95. The molecule has 0 atom stereocenters. The van der Waals surface area contributed by atoms with Crippen molar-refractivity contribution in [3.8, 4) is 11.5 Å². The zero-order valence-corrected chi connectivity index (χ0v) is 12.4. The molecule has 1 aromatic rings. The van der Waals surface area contributed by atoms with Gasteiger partial charge in [-0.05, 0) is 30.9 Å². The third-order valence-corrected chi connectivity index (χ3v) is 4.65. The SMILES string of the molecule is CCc1c(C2(N)CCCCC2)ccc2c1OCCCO2. The van der Waals surface area contributed by atoms with E-state index >= 15 is 0 Å². The molecular weight excluding hydrogens is 250 g/mol. The second-order valence-corrected chi connectivity index (χ2v) is 6.04. The number of fused-ring (bicyclic) bond motifs is 1. The third-order valence-electron chi connectivity index (χ3n) is 4.65. The first kappa shape index (κ1) is 13.7. The van der Waals surface area contributed by atoms with Gasteiger partial charge in [0.05, 0.1) is 13.2 Å². The van der Waals surface area contributed by atoms with Gasteiger partial charge in [-0.15, -0.1) is 0 Å². The summed E-state index contributed by atoms with van der Waals surface area (Å²) in [4.78, 5) is 0. The van der Waals surface area contributed by atoms with E-state index in [9.17, 15) is 0 Å². The summed E-state index contributed by atoms with van der Waals surface area (Å²) in [7, 11) is 0. The van der Waals surface area contributed by atoms with Crippen LogP contribution in [-0.4, -0.2) is 13.2 Å². The van der Waals surface area contributed by atoms with E-state index < -0.39 is 0 Å². The van der Waals surface area contributed by atoms with E-state index in [-0.39, 0.29) is 5.54 Å². The minimum atomic E-state index is -0.172. The van der Waals surface area contributed by atoms with Gasteiger partial charge in [-0.3, -0.25) is 0 Å². The Morgan fingerprint density at radius 2 is 1.80 bits per heavy atom. The molecule has 1 fully saturated rings. The maximum absolute atomic E-state index is 6.73. The molecule has 3 nitrogen and oxygen atoms in total. The fourth-order valence-corrected chi connectivity index (χ4v) is 3.56. The molecule has 1 aromatic carbocycles. The number of hydrogen-bond donors (Lipinski definition) is 1. The highest BCUT2D eigenvalue weighted by atomic mass is 16.5. The quantitative estimate of drug-likeness (QED) is 0.898. The Hall–Kier alpha value is -1.22. The van der Waals surface area contributed by atoms with Crippen molar-refractivity contribution in [2.75, 3.05) is 13.2 Å². The van der Waals surface area contributed by atoms with Crippen LogP contribution in [0.4, 0.5) is 0 Å². The number of rotatable bonds is 2. The molecular formula is C17H25NO2. The zero-order chi connectivity index (χ0) is 14.0. The summed E-state index contributed by atoms with van der Waals surface area (Å²) in [6, 6.07) is 4.23. The van der Waals surface area contributed by atoms with Crippen molar-refractivity contribution >= 4 is 0 Å². The fourth-order valence-electron chi connectivity index (χ4n) is 3.56. The molecule has 1 aliphatic heterocycles. The number of nitrogens with two attached hydrogens (primary N) is 1. The topological polar surface area (TPSA) is 44.5 Å². The van der Waals surface area contributed by atoms with Crippen molar-refractivity contribution in [3.63, 3.8) is 0 Å². The van der Waals surface area contributed by atoms with Gasteiger partial charge in [0, 0.05) is 17.5 Å². The Morgan fingerprint density at radius 3 is 2.55 bits per heavy atom. The summed E-state index contributed by atoms with van der Waals surface area (Å²) in [5.41, 5.74) is 9.10. The molecule has 110 valence electrons. The molecule has 3 heteroatoms. The summed E-state index contributed by atoms with van der Waals surface area (Å²) >= 11 is 0. The van der Waals surface area contributed by atoms with E-state index in [0.717, 1.165) is 50.4 Å². The molecule has 20 heavy (non-hydrogen) atoms. The van der Waals surface area contributed by atoms with Crippen molar-refractivity contribution in [2.24, 2.45) is 5.73 Å². The molecule has 0 radical (unpaired) electrons. The van der Waals surface area contributed by atoms with Crippen molar-refractivity contribution in [3.05, 3.63) is 23.3 Å². The van der Waals surface area contributed by atoms with E-state index in [2.05, 4.69) is 19.1 Å². The van der Waals surface area contributed by atoms with Crippen LogP contribution < -0.4 is 15.2 Å². The van der Waals surface area contributed by atoms with Gasteiger partial charge in [0.25, 0.3) is 0 Å². The van der Waals surface area contributed by atoms with Crippen LogP contribution >= 0.6 is 0 Å². The van der Waals surface area contributed by atoms with Gasteiger partial charge in [-0.1, -0.05) is 32.3 Å². The molecule has 1 heterocycles. The molecule has 0 bridgehead atoms. The number of hydrogen-bond acceptors (Lipinski definition) is 3. The summed E-state index contributed by atoms with van der Waals surface area (Å²) in [5, 5.41) is 0. The minimum absolute atomic E-state index is 0.172. The number of ether oxygens (including phenoxy) is 2. The van der Waals surface area contributed by atoms with Crippen molar-refractivity contribution in [2.45, 2.75) is 57.4 Å². The standard InChI is InChI=1S/C17H25NO2/c1-2-13-14(17(18)9-4-3-5-10-17)7-8-15-16(13)20-12-6-11-19-15/h7-8H,2-6,9-12,18H2,1H3. The Balaban J connectivity index is 2.05. The van der Waals surface area contributed by atoms with Gasteiger partial charge in [-0.2, -0.15) is 0 Å². The lowest BCUT2D eigenvalue weighted by Gasteiger charge is -2.36. The summed E-state index contributed by atoms with van der Waals surface area (Å²) in [6.07, 6.45) is 7.83. The number of benzene rings is 1. The second-order valence-electron chi connectivity index (χ2n) is 6.04. The van der Waals surface area contributed by atoms with Gasteiger partial charge in [0.1, 0.15) is 0 Å². The second kappa shape index (κ2) is 5.65. The Kier molecular flexibility index (Phi) is 3.88. The van der Waals surface area contributed by atoms with Crippen molar-refractivity contribution in [1.29, 1.82) is 0 Å². The van der Waals surface area contributed by atoms with Crippen molar-refractivity contribution < 1.29 is 9.47 Å². The van der Waals surface area contributed by atoms with E-state index in [1.165, 1.54) is 30.4 Å². The van der Waals surface area contributed by atoms with Crippen LogP contribution in [0, 0.1) is 0 Å². The van der Waals surface area contributed by atoms with Crippen LogP contribution in [0.15, 0.2) is 12.1 Å². The maximum atomic E-state index is 6.73. The highest BCUT2D eigenvalue weighted by Crippen LogP contribution is 2.43. The lowest BCUT2D eigenvalue weighted by atomic mass is 9.75. The lowest BCUT2D eigenvalue weighted by molar-refractivity contribution is 0.291. The van der Waals surface area contributed by atoms with E-state index in [1.54, 1.807) is 0 Å². The van der Waals surface area contributed by atoms with Crippen LogP contribution in [0.1, 0.15) is 56.6 Å². The molecule has 2 N–H and O–H groups in total. The molecule has 1 saturated carbocycles. The van der Waals surface area contributed by atoms with Gasteiger partial charge >= 0.3 is 0 Å². The Morgan fingerprint density at radius 1 is 1.05 bits per heavy atom. The van der Waals surface area contributed by atoms with Crippen LogP contribution in [-0.2, 0) is 12.0 Å². The molecule has 0 amide bonds. The molecule has 3 rings (SSSR count). The summed E-state index contributed by atoms with van der Waals surface area (Å²) in [5.74, 6) is 1.83. The molecule has 0 aromatic heterocycles. The predicted molar refractivity (Wildman–Crippen MR) is 80.4 cm³/mol. The summed E-state index contributed by atoms with van der Waals surface area (Å²) in [6.45, 7) is 3.66. The smallest absolute Gasteiger partial charge is 0.164 e.